The topological polar surface area (TPSA) is 85.5 Å². The molecule has 3 rings (SSSR count). The minimum atomic E-state index is -0.520. The van der Waals surface area contributed by atoms with Crippen LogP contribution in [0.2, 0.25) is 0 Å². The van der Waals surface area contributed by atoms with Crippen LogP contribution < -0.4 is 5.73 Å². The van der Waals surface area contributed by atoms with E-state index in [1.807, 2.05) is 0 Å². The lowest BCUT2D eigenvalue weighted by molar-refractivity contribution is -0.132. The number of thiazole rings is 1. The first-order valence-corrected chi connectivity index (χ1v) is 8.54. The summed E-state index contributed by atoms with van der Waals surface area (Å²) in [7, 11) is 0. The summed E-state index contributed by atoms with van der Waals surface area (Å²) in [4.78, 5) is 29.7. The van der Waals surface area contributed by atoms with Crippen LogP contribution in [0.3, 0.4) is 0 Å². The summed E-state index contributed by atoms with van der Waals surface area (Å²) in [6.45, 7) is 2.46. The van der Waals surface area contributed by atoms with Gasteiger partial charge < -0.3 is 15.4 Å². The average Bonchev–Trinajstić information content (AvgIpc) is 2.96. The predicted molar refractivity (Wildman–Crippen MR) is 85.1 cm³/mol. The number of carbonyl (C=O) groups excluding carboxylic acids is 2. The molecule has 8 heteroatoms. The average molecular weight is 336 g/mol. The number of benzene rings is 1. The number of hydrogen-bond donors (Lipinski definition) is 1. The second-order valence-corrected chi connectivity index (χ2v) is 6.96. The summed E-state index contributed by atoms with van der Waals surface area (Å²) < 4.78 is 6.82. The Morgan fingerprint density at radius 2 is 2.18 bits per heavy atom. The van der Waals surface area contributed by atoms with Gasteiger partial charge in [-0.15, -0.1) is 11.3 Å². The summed E-state index contributed by atoms with van der Waals surface area (Å²) in [5, 5.41) is 0. The second-order valence-electron chi connectivity index (χ2n) is 4.71. The van der Waals surface area contributed by atoms with Crippen LogP contribution >= 0.6 is 23.1 Å². The maximum absolute atomic E-state index is 12.1. The van der Waals surface area contributed by atoms with E-state index in [0.717, 1.165) is 9.04 Å². The maximum atomic E-state index is 12.1. The van der Waals surface area contributed by atoms with Crippen molar-refractivity contribution < 1.29 is 14.3 Å². The van der Waals surface area contributed by atoms with Crippen molar-refractivity contribution in [3.63, 3.8) is 0 Å². The van der Waals surface area contributed by atoms with Gasteiger partial charge >= 0.3 is 0 Å². The van der Waals surface area contributed by atoms with E-state index in [9.17, 15) is 9.59 Å². The molecule has 0 bridgehead atoms. The van der Waals surface area contributed by atoms with Crippen LogP contribution in [0, 0.1) is 6.07 Å². The Morgan fingerprint density at radius 1 is 1.41 bits per heavy atom. The highest BCUT2D eigenvalue weighted by atomic mass is 32.2. The van der Waals surface area contributed by atoms with Gasteiger partial charge in [0, 0.05) is 13.1 Å². The minimum absolute atomic E-state index is 0.0780. The molecule has 1 radical (unpaired) electrons. The van der Waals surface area contributed by atoms with Crippen molar-refractivity contribution in [2.45, 2.75) is 4.34 Å². The van der Waals surface area contributed by atoms with Crippen LogP contribution in [0.1, 0.15) is 10.4 Å². The molecule has 115 valence electrons. The van der Waals surface area contributed by atoms with Gasteiger partial charge in [-0.05, 0) is 18.2 Å². The number of carbonyl (C=O) groups is 2. The zero-order valence-corrected chi connectivity index (χ0v) is 13.3. The van der Waals surface area contributed by atoms with Gasteiger partial charge in [0.1, 0.15) is 0 Å². The van der Waals surface area contributed by atoms with E-state index in [1.54, 1.807) is 11.0 Å². The highest BCUT2D eigenvalue weighted by Crippen LogP contribution is 2.31. The molecule has 2 aromatic rings. The molecule has 0 saturated carbocycles. The van der Waals surface area contributed by atoms with Crippen LogP contribution in [0.15, 0.2) is 16.5 Å². The van der Waals surface area contributed by atoms with Gasteiger partial charge in [0.15, 0.2) is 4.34 Å². The molecule has 0 atom stereocenters. The van der Waals surface area contributed by atoms with E-state index in [0.29, 0.717) is 43.1 Å². The molecule has 0 unspecified atom stereocenters. The maximum Gasteiger partial charge on any atom is 0.250 e. The van der Waals surface area contributed by atoms with Gasteiger partial charge in [-0.1, -0.05) is 11.8 Å². The fourth-order valence-electron chi connectivity index (χ4n) is 2.15. The summed E-state index contributed by atoms with van der Waals surface area (Å²) in [6, 6.07) is 6.20. The van der Waals surface area contributed by atoms with Crippen LogP contribution in [-0.2, 0) is 9.53 Å². The third kappa shape index (κ3) is 3.23. The number of rotatable bonds is 4. The molecule has 1 aliphatic heterocycles. The van der Waals surface area contributed by atoms with E-state index in [1.165, 1.54) is 29.2 Å². The predicted octanol–water partition coefficient (Wildman–Crippen LogP) is 1.15. The number of primary amides is 1. The van der Waals surface area contributed by atoms with Crippen molar-refractivity contribution in [1.82, 2.24) is 9.88 Å². The number of ether oxygens (including phenoxy) is 1. The first-order chi connectivity index (χ1) is 10.6. The smallest absolute Gasteiger partial charge is 0.250 e. The number of morpholine rings is 1. The van der Waals surface area contributed by atoms with E-state index in [-0.39, 0.29) is 5.91 Å². The van der Waals surface area contributed by atoms with Gasteiger partial charge in [0.05, 0.1) is 34.7 Å². The minimum Gasteiger partial charge on any atom is -0.378 e. The van der Waals surface area contributed by atoms with Crippen molar-refractivity contribution in [2.24, 2.45) is 5.73 Å². The monoisotopic (exact) mass is 336 g/mol. The van der Waals surface area contributed by atoms with Gasteiger partial charge in [0.2, 0.25) is 5.91 Å². The normalized spacial score (nSPS) is 15.2. The largest absolute Gasteiger partial charge is 0.378 e. The summed E-state index contributed by atoms with van der Waals surface area (Å²) in [5.41, 5.74) is 6.28. The van der Waals surface area contributed by atoms with Crippen molar-refractivity contribution >= 4 is 45.1 Å². The van der Waals surface area contributed by atoms with Crippen LogP contribution in [0.5, 0.6) is 0 Å². The number of aromatic nitrogens is 1. The van der Waals surface area contributed by atoms with Crippen LogP contribution in [0.25, 0.3) is 10.2 Å². The van der Waals surface area contributed by atoms with Crippen molar-refractivity contribution in [3.05, 3.63) is 23.8 Å². The van der Waals surface area contributed by atoms with Gasteiger partial charge in [0.25, 0.3) is 5.91 Å². The molecule has 1 aliphatic rings. The van der Waals surface area contributed by atoms with Crippen molar-refractivity contribution in [2.75, 3.05) is 32.1 Å². The molecule has 1 aromatic heterocycles. The molecule has 1 fully saturated rings. The molecule has 0 spiro atoms. The molecular formula is C14H14N3O3S2. The lowest BCUT2D eigenvalue weighted by Gasteiger charge is -2.26. The Hall–Kier alpha value is -1.64. The zero-order chi connectivity index (χ0) is 15.5. The Kier molecular flexibility index (Phi) is 4.60. The standard InChI is InChI=1S/C14H14N3O3S2/c15-13(19)9-2-1-3-10-12(9)16-14(22-10)21-8-11(18)17-4-6-20-7-5-17/h2-3H,4-8H2,(H2,15,19). The fraction of sp³-hybridized carbons (Fsp3) is 0.357. The van der Waals surface area contributed by atoms with Gasteiger partial charge in [-0.3, -0.25) is 9.59 Å². The number of fused-ring (bicyclic) bond motifs is 1. The van der Waals surface area contributed by atoms with Gasteiger partial charge in [-0.25, -0.2) is 4.98 Å². The molecule has 2 heterocycles. The first kappa shape index (κ1) is 15.3. The fourth-order valence-corrected chi connectivity index (χ4v) is 4.12. The molecule has 0 aliphatic carbocycles. The van der Waals surface area contributed by atoms with Gasteiger partial charge in [-0.2, -0.15) is 0 Å². The zero-order valence-electron chi connectivity index (χ0n) is 11.7. The van der Waals surface area contributed by atoms with Crippen molar-refractivity contribution in [1.29, 1.82) is 0 Å². The summed E-state index contributed by atoms with van der Waals surface area (Å²) in [5.74, 6) is -0.113. The third-order valence-electron chi connectivity index (χ3n) is 3.28. The molecule has 6 nitrogen and oxygen atoms in total. The van der Waals surface area contributed by atoms with Crippen molar-refractivity contribution in [3.8, 4) is 0 Å². The number of hydrogen-bond acceptors (Lipinski definition) is 6. The summed E-state index contributed by atoms with van der Waals surface area (Å²) in [6.07, 6.45) is 0. The molecule has 1 saturated heterocycles. The van der Waals surface area contributed by atoms with Crippen LogP contribution in [0.4, 0.5) is 0 Å². The lowest BCUT2D eigenvalue weighted by atomic mass is 10.2. The number of amides is 2. The lowest BCUT2D eigenvalue weighted by Crippen LogP contribution is -2.41. The Labute approximate surface area is 135 Å². The van der Waals surface area contributed by atoms with E-state index >= 15 is 0 Å². The third-order valence-corrected chi connectivity index (χ3v) is 5.41. The molecule has 22 heavy (non-hydrogen) atoms. The highest BCUT2D eigenvalue weighted by Gasteiger charge is 2.18. The molecular weight excluding hydrogens is 322 g/mol. The second kappa shape index (κ2) is 6.64. The van der Waals surface area contributed by atoms with E-state index in [2.05, 4.69) is 11.1 Å². The number of nitrogens with zero attached hydrogens (tertiary/aromatic N) is 2. The summed E-state index contributed by atoms with van der Waals surface area (Å²) >= 11 is 2.81. The Bertz CT molecular complexity index is 710. The SMILES string of the molecule is NC(=O)c1c[c]cc2sc(SCC(=O)N3CCOCC3)nc12. The Balaban J connectivity index is 1.70. The Morgan fingerprint density at radius 3 is 2.91 bits per heavy atom. The van der Waals surface area contributed by atoms with E-state index in [4.69, 9.17) is 10.5 Å². The highest BCUT2D eigenvalue weighted by molar-refractivity contribution is 8.01. The molecule has 2 N–H and O–H groups in total. The molecule has 1 aromatic carbocycles. The molecule has 2 amide bonds. The quantitative estimate of drug-likeness (QED) is 0.847. The number of thioether (sulfide) groups is 1. The van der Waals surface area contributed by atoms with Crippen LogP contribution in [-0.4, -0.2) is 53.8 Å². The first-order valence-electron chi connectivity index (χ1n) is 6.74. The van der Waals surface area contributed by atoms with E-state index < -0.39 is 5.91 Å². The number of nitrogens with two attached hydrogens (primary N) is 1.